The lowest BCUT2D eigenvalue weighted by atomic mass is 10.1. The Balaban J connectivity index is 2.16. The van der Waals surface area contributed by atoms with Crippen LogP contribution in [-0.4, -0.2) is 30.1 Å². The second-order valence-corrected chi connectivity index (χ2v) is 5.17. The number of carbonyl (C=O) groups is 1. The minimum atomic E-state index is -4.30. The molecule has 1 aromatic rings. The first-order chi connectivity index (χ1) is 8.80. The number of alkyl halides is 3. The summed E-state index contributed by atoms with van der Waals surface area (Å²) in [4.78, 5) is 13.2. The van der Waals surface area contributed by atoms with Gasteiger partial charge in [-0.3, -0.25) is 4.79 Å². The van der Waals surface area contributed by atoms with E-state index in [1.165, 1.54) is 18.2 Å². The zero-order valence-electron chi connectivity index (χ0n) is 9.68. The fourth-order valence-electron chi connectivity index (χ4n) is 2.05. The Morgan fingerprint density at radius 3 is 2.63 bits per heavy atom. The average molecular weight is 340 g/mol. The number of hydrogen-bond acceptors (Lipinski definition) is 1. The lowest BCUT2D eigenvalue weighted by Crippen LogP contribution is -2.32. The van der Waals surface area contributed by atoms with E-state index in [9.17, 15) is 22.4 Å². The van der Waals surface area contributed by atoms with E-state index >= 15 is 0 Å². The first-order valence-electron chi connectivity index (χ1n) is 5.60. The summed E-state index contributed by atoms with van der Waals surface area (Å²) in [5.41, 5.74) is 0.0443. The summed E-state index contributed by atoms with van der Waals surface area (Å²) < 4.78 is 50.9. The molecule has 0 aromatic heterocycles. The lowest BCUT2D eigenvalue weighted by molar-refractivity contribution is -0.169. The first kappa shape index (κ1) is 14.3. The van der Waals surface area contributed by atoms with Gasteiger partial charge in [0.1, 0.15) is 5.82 Å². The van der Waals surface area contributed by atoms with Gasteiger partial charge in [-0.05, 0) is 34.5 Å². The van der Waals surface area contributed by atoms with Crippen LogP contribution in [0, 0.1) is 11.7 Å². The molecule has 1 fully saturated rings. The fraction of sp³-hybridized carbons (Fsp3) is 0.417. The SMILES string of the molecule is O=C(c1cccc(F)c1Br)N1CCC(C(F)(F)F)C1. The normalized spacial score (nSPS) is 19.8. The molecular formula is C12H10BrF4NO. The van der Waals surface area contributed by atoms with Gasteiger partial charge in [-0.15, -0.1) is 0 Å². The first-order valence-corrected chi connectivity index (χ1v) is 6.40. The van der Waals surface area contributed by atoms with E-state index in [1.54, 1.807) is 0 Å². The lowest BCUT2D eigenvalue weighted by Gasteiger charge is -2.18. The maximum Gasteiger partial charge on any atom is 0.393 e. The molecule has 0 spiro atoms. The Morgan fingerprint density at radius 2 is 2.05 bits per heavy atom. The van der Waals surface area contributed by atoms with Gasteiger partial charge in [0.15, 0.2) is 0 Å². The Morgan fingerprint density at radius 1 is 1.37 bits per heavy atom. The van der Waals surface area contributed by atoms with Crippen LogP contribution in [0.4, 0.5) is 17.6 Å². The minimum absolute atomic E-state index is 0.0181. The summed E-state index contributed by atoms with van der Waals surface area (Å²) in [6.45, 7) is -0.336. The van der Waals surface area contributed by atoms with Gasteiger partial charge in [0.25, 0.3) is 5.91 Å². The topological polar surface area (TPSA) is 20.3 Å². The van der Waals surface area contributed by atoms with Gasteiger partial charge in [0.2, 0.25) is 0 Å². The third-order valence-corrected chi connectivity index (χ3v) is 3.93. The van der Waals surface area contributed by atoms with Gasteiger partial charge < -0.3 is 4.90 Å². The van der Waals surface area contributed by atoms with E-state index in [1.807, 2.05) is 0 Å². The summed E-state index contributed by atoms with van der Waals surface area (Å²) in [5.74, 6) is -2.70. The van der Waals surface area contributed by atoms with Crippen LogP contribution in [-0.2, 0) is 0 Å². The Labute approximate surface area is 115 Å². The highest BCUT2D eigenvalue weighted by atomic mass is 79.9. The second-order valence-electron chi connectivity index (χ2n) is 4.38. The van der Waals surface area contributed by atoms with Crippen molar-refractivity contribution < 1.29 is 22.4 Å². The van der Waals surface area contributed by atoms with Gasteiger partial charge in [-0.1, -0.05) is 6.07 Å². The summed E-state index contributed by atoms with van der Waals surface area (Å²) in [7, 11) is 0. The molecule has 0 aliphatic carbocycles. The second kappa shape index (κ2) is 5.11. The predicted octanol–water partition coefficient (Wildman–Crippen LogP) is 3.61. The molecule has 1 heterocycles. The predicted molar refractivity (Wildman–Crippen MR) is 64.2 cm³/mol. The Hall–Kier alpha value is -1.11. The smallest absolute Gasteiger partial charge is 0.338 e. The van der Waals surface area contributed by atoms with Crippen LogP contribution in [0.1, 0.15) is 16.8 Å². The number of benzene rings is 1. The molecule has 0 bridgehead atoms. The van der Waals surface area contributed by atoms with Crippen molar-refractivity contribution in [3.05, 3.63) is 34.1 Å². The van der Waals surface area contributed by atoms with Crippen molar-refractivity contribution in [3.8, 4) is 0 Å². The van der Waals surface area contributed by atoms with Crippen LogP contribution in [0.3, 0.4) is 0 Å². The van der Waals surface area contributed by atoms with Crippen LogP contribution in [0.15, 0.2) is 22.7 Å². The third kappa shape index (κ3) is 2.91. The van der Waals surface area contributed by atoms with Crippen LogP contribution in [0.2, 0.25) is 0 Å². The highest BCUT2D eigenvalue weighted by Gasteiger charge is 2.44. The van der Waals surface area contributed by atoms with Crippen molar-refractivity contribution in [2.24, 2.45) is 5.92 Å². The average Bonchev–Trinajstić information content (AvgIpc) is 2.81. The number of halogens is 5. The summed E-state index contributed by atoms with van der Waals surface area (Å²) in [6.07, 6.45) is -4.41. The van der Waals surface area contributed by atoms with E-state index in [2.05, 4.69) is 15.9 Å². The molecule has 2 nitrogen and oxygen atoms in total. The molecule has 1 saturated heterocycles. The molecule has 2 rings (SSSR count). The third-order valence-electron chi connectivity index (χ3n) is 3.12. The number of likely N-dealkylation sites (tertiary alicyclic amines) is 1. The molecule has 1 unspecified atom stereocenters. The maximum absolute atomic E-state index is 13.3. The van der Waals surface area contributed by atoms with Crippen molar-refractivity contribution in [1.29, 1.82) is 0 Å². The molecule has 104 valence electrons. The molecule has 1 aliphatic rings. The monoisotopic (exact) mass is 339 g/mol. The van der Waals surface area contributed by atoms with E-state index in [4.69, 9.17) is 0 Å². The number of amides is 1. The van der Waals surface area contributed by atoms with Gasteiger partial charge >= 0.3 is 6.18 Å². The molecule has 1 amide bonds. The highest BCUT2D eigenvalue weighted by Crippen LogP contribution is 2.34. The fourth-order valence-corrected chi connectivity index (χ4v) is 2.49. The van der Waals surface area contributed by atoms with Crippen LogP contribution in [0.5, 0.6) is 0 Å². The van der Waals surface area contributed by atoms with Gasteiger partial charge in [-0.2, -0.15) is 13.2 Å². The van der Waals surface area contributed by atoms with Crippen molar-refractivity contribution in [1.82, 2.24) is 4.90 Å². The minimum Gasteiger partial charge on any atom is -0.338 e. The number of carbonyl (C=O) groups excluding carboxylic acids is 1. The van der Waals surface area contributed by atoms with Gasteiger partial charge in [0, 0.05) is 13.1 Å². The molecule has 0 N–H and O–H groups in total. The summed E-state index contributed by atoms with van der Waals surface area (Å²) in [6, 6.07) is 3.91. The van der Waals surface area contributed by atoms with E-state index in [-0.39, 0.29) is 29.5 Å². The van der Waals surface area contributed by atoms with Crippen LogP contribution >= 0.6 is 15.9 Å². The standard InChI is InChI=1S/C12H10BrF4NO/c13-10-8(2-1-3-9(10)14)11(19)18-5-4-7(6-18)12(15,16)17/h1-3,7H,4-6H2. The van der Waals surface area contributed by atoms with Crippen molar-refractivity contribution in [2.45, 2.75) is 12.6 Å². The van der Waals surface area contributed by atoms with Gasteiger partial charge in [0.05, 0.1) is 16.0 Å². The quantitative estimate of drug-likeness (QED) is 0.716. The maximum atomic E-state index is 13.3. The summed E-state index contributed by atoms with van der Waals surface area (Å²) in [5, 5.41) is 0. The Kier molecular flexibility index (Phi) is 3.85. The van der Waals surface area contributed by atoms with Crippen LogP contribution < -0.4 is 0 Å². The number of hydrogen-bond donors (Lipinski definition) is 0. The van der Waals surface area contributed by atoms with E-state index in [0.29, 0.717) is 0 Å². The van der Waals surface area contributed by atoms with Crippen LogP contribution in [0.25, 0.3) is 0 Å². The Bertz CT molecular complexity index is 503. The van der Waals surface area contributed by atoms with E-state index < -0.39 is 23.8 Å². The molecular weight excluding hydrogens is 330 g/mol. The van der Waals surface area contributed by atoms with Crippen molar-refractivity contribution in [3.63, 3.8) is 0 Å². The molecule has 1 aliphatic heterocycles. The molecule has 7 heteroatoms. The molecule has 1 aromatic carbocycles. The number of rotatable bonds is 1. The highest BCUT2D eigenvalue weighted by molar-refractivity contribution is 9.10. The van der Waals surface area contributed by atoms with E-state index in [0.717, 1.165) is 4.90 Å². The molecule has 0 radical (unpaired) electrons. The van der Waals surface area contributed by atoms with Crippen molar-refractivity contribution >= 4 is 21.8 Å². The van der Waals surface area contributed by atoms with Gasteiger partial charge in [-0.25, -0.2) is 4.39 Å². The number of nitrogens with zero attached hydrogens (tertiary/aromatic N) is 1. The zero-order valence-corrected chi connectivity index (χ0v) is 11.3. The molecule has 1 atom stereocenters. The molecule has 0 saturated carbocycles. The largest absolute Gasteiger partial charge is 0.393 e. The zero-order chi connectivity index (χ0) is 14.2. The summed E-state index contributed by atoms with van der Waals surface area (Å²) >= 11 is 2.94. The van der Waals surface area contributed by atoms with Crippen molar-refractivity contribution in [2.75, 3.05) is 13.1 Å². The molecule has 19 heavy (non-hydrogen) atoms.